The van der Waals surface area contributed by atoms with Gasteiger partial charge in [-0.25, -0.2) is 4.79 Å². The van der Waals surface area contributed by atoms with E-state index in [-0.39, 0.29) is 6.61 Å². The standard InChI is InChI=1S/C20H26O10/c1-6-4-7(21)12(24)17(2)8(6)9(22)15-19-5-29-18(3,13(25)10(23)11(17)19)20(19,28)14(26)16(27)30-15/h4,8-15,22-26,28H,5H2,1-3H3. The monoisotopic (exact) mass is 426 g/mol. The Morgan fingerprint density at radius 3 is 2.30 bits per heavy atom. The van der Waals surface area contributed by atoms with Crippen LogP contribution >= 0.6 is 0 Å². The van der Waals surface area contributed by atoms with Crippen molar-refractivity contribution in [2.24, 2.45) is 22.7 Å². The van der Waals surface area contributed by atoms with Crippen molar-refractivity contribution < 1.29 is 49.7 Å². The molecule has 2 saturated heterocycles. The SMILES string of the molecule is CC1=CC(=O)C(O)C2(C)C1C(O)C1OC(=O)C(O)C3(O)C4(C)OCC13C2C(O)C4O. The van der Waals surface area contributed by atoms with Crippen LogP contribution in [-0.2, 0) is 19.1 Å². The Balaban J connectivity index is 1.86. The summed E-state index contributed by atoms with van der Waals surface area (Å²) in [4.78, 5) is 25.1. The molecule has 0 aromatic carbocycles. The van der Waals surface area contributed by atoms with Gasteiger partial charge in [-0.05, 0) is 19.9 Å². The van der Waals surface area contributed by atoms with Crippen LogP contribution in [0.25, 0.3) is 0 Å². The van der Waals surface area contributed by atoms with Gasteiger partial charge in [-0.3, -0.25) is 4.79 Å². The van der Waals surface area contributed by atoms with E-state index in [0.29, 0.717) is 5.57 Å². The van der Waals surface area contributed by atoms with Gasteiger partial charge in [0.25, 0.3) is 0 Å². The van der Waals surface area contributed by atoms with Crippen LogP contribution < -0.4 is 0 Å². The molecule has 0 amide bonds. The molecule has 12 atom stereocenters. The highest BCUT2D eigenvalue weighted by Gasteiger charge is 2.89. The number of ketones is 1. The molecule has 2 heterocycles. The molecule has 0 aromatic rings. The van der Waals surface area contributed by atoms with Gasteiger partial charge in [-0.2, -0.15) is 0 Å². The zero-order valence-corrected chi connectivity index (χ0v) is 16.7. The predicted molar refractivity (Wildman–Crippen MR) is 95.5 cm³/mol. The van der Waals surface area contributed by atoms with Gasteiger partial charge in [0.05, 0.1) is 24.2 Å². The zero-order valence-electron chi connectivity index (χ0n) is 16.7. The maximum Gasteiger partial charge on any atom is 0.338 e. The van der Waals surface area contributed by atoms with E-state index in [0.717, 1.165) is 0 Å². The third-order valence-corrected chi connectivity index (χ3v) is 8.94. The molecule has 10 nitrogen and oxygen atoms in total. The maximum atomic E-state index is 12.6. The van der Waals surface area contributed by atoms with Gasteiger partial charge in [-0.15, -0.1) is 0 Å². The molecule has 5 aliphatic rings. The van der Waals surface area contributed by atoms with Crippen molar-refractivity contribution in [3.8, 4) is 0 Å². The molecule has 2 bridgehead atoms. The van der Waals surface area contributed by atoms with Crippen LogP contribution in [-0.4, -0.2) is 96.8 Å². The number of carbonyl (C=O) groups is 2. The molecule has 5 rings (SSSR count). The van der Waals surface area contributed by atoms with Crippen molar-refractivity contribution in [3.63, 3.8) is 0 Å². The minimum atomic E-state index is -2.45. The van der Waals surface area contributed by atoms with Crippen LogP contribution in [0.3, 0.4) is 0 Å². The lowest BCUT2D eigenvalue weighted by molar-refractivity contribution is -0.365. The first kappa shape index (κ1) is 20.5. The Morgan fingerprint density at radius 2 is 1.67 bits per heavy atom. The number of hydrogen-bond acceptors (Lipinski definition) is 10. The minimum absolute atomic E-state index is 0.378. The number of aliphatic hydroxyl groups excluding tert-OH is 5. The fourth-order valence-corrected chi connectivity index (χ4v) is 7.70. The smallest absolute Gasteiger partial charge is 0.338 e. The number of esters is 1. The molecule has 3 aliphatic carbocycles. The summed E-state index contributed by atoms with van der Waals surface area (Å²) in [5, 5.41) is 67.1. The van der Waals surface area contributed by atoms with E-state index in [1.54, 1.807) is 6.92 Å². The first-order valence-electron chi connectivity index (χ1n) is 10.0. The summed E-state index contributed by atoms with van der Waals surface area (Å²) in [6.07, 6.45) is -8.86. The summed E-state index contributed by atoms with van der Waals surface area (Å²) in [6.45, 7) is 3.98. The summed E-state index contributed by atoms with van der Waals surface area (Å²) >= 11 is 0. The van der Waals surface area contributed by atoms with E-state index in [1.807, 2.05) is 0 Å². The molecule has 10 heteroatoms. The van der Waals surface area contributed by atoms with E-state index in [2.05, 4.69) is 0 Å². The first-order valence-corrected chi connectivity index (χ1v) is 10.0. The van der Waals surface area contributed by atoms with Gasteiger partial charge in [0, 0.05) is 17.3 Å². The lowest BCUT2D eigenvalue weighted by Gasteiger charge is -2.71. The van der Waals surface area contributed by atoms with E-state index >= 15 is 0 Å². The summed E-state index contributed by atoms with van der Waals surface area (Å²) in [6, 6.07) is 0. The van der Waals surface area contributed by atoms with Crippen molar-refractivity contribution in [2.75, 3.05) is 6.61 Å². The highest BCUT2D eigenvalue weighted by molar-refractivity contribution is 5.96. The Hall–Kier alpha value is -1.40. The van der Waals surface area contributed by atoms with Gasteiger partial charge in [0.2, 0.25) is 0 Å². The van der Waals surface area contributed by atoms with Gasteiger partial charge < -0.3 is 40.1 Å². The topological polar surface area (TPSA) is 174 Å². The number of aliphatic hydroxyl groups is 6. The van der Waals surface area contributed by atoms with Crippen molar-refractivity contribution in [1.82, 2.24) is 0 Å². The van der Waals surface area contributed by atoms with Gasteiger partial charge >= 0.3 is 5.97 Å². The summed E-state index contributed by atoms with van der Waals surface area (Å²) < 4.78 is 11.2. The highest BCUT2D eigenvalue weighted by atomic mass is 16.6. The van der Waals surface area contributed by atoms with E-state index in [4.69, 9.17) is 9.47 Å². The van der Waals surface area contributed by atoms with Crippen LogP contribution in [0, 0.1) is 22.7 Å². The van der Waals surface area contributed by atoms with Crippen LogP contribution in [0.5, 0.6) is 0 Å². The first-order chi connectivity index (χ1) is 13.8. The average Bonchev–Trinajstić information content (AvgIpc) is 2.86. The van der Waals surface area contributed by atoms with Crippen molar-refractivity contribution >= 4 is 11.8 Å². The molecule has 2 aliphatic heterocycles. The Morgan fingerprint density at radius 1 is 1.03 bits per heavy atom. The summed E-state index contributed by atoms with van der Waals surface area (Å²) in [5.74, 6) is -4.01. The van der Waals surface area contributed by atoms with E-state index in [1.165, 1.54) is 19.9 Å². The van der Waals surface area contributed by atoms with Crippen LogP contribution in [0.2, 0.25) is 0 Å². The zero-order chi connectivity index (χ0) is 22.2. The molecular weight excluding hydrogens is 400 g/mol. The van der Waals surface area contributed by atoms with Crippen molar-refractivity contribution in [2.45, 2.75) is 68.6 Å². The summed E-state index contributed by atoms with van der Waals surface area (Å²) in [7, 11) is 0. The second-order valence-electron chi connectivity index (χ2n) is 9.90. The highest BCUT2D eigenvalue weighted by Crippen LogP contribution is 2.73. The van der Waals surface area contributed by atoms with E-state index < -0.39 is 82.2 Å². The number of carbonyl (C=O) groups excluding carboxylic acids is 2. The molecule has 166 valence electrons. The van der Waals surface area contributed by atoms with Crippen LogP contribution in [0.4, 0.5) is 0 Å². The molecule has 1 spiro atoms. The lowest BCUT2D eigenvalue weighted by Crippen LogP contribution is -2.88. The second-order valence-corrected chi connectivity index (χ2v) is 9.90. The van der Waals surface area contributed by atoms with Gasteiger partial charge in [-0.1, -0.05) is 12.5 Å². The van der Waals surface area contributed by atoms with E-state index in [9.17, 15) is 40.2 Å². The number of rotatable bonds is 0. The lowest BCUT2D eigenvalue weighted by atomic mass is 9.36. The predicted octanol–water partition coefficient (Wildman–Crippen LogP) is -2.98. The molecular formula is C20H26O10. The second kappa shape index (κ2) is 5.50. The number of ether oxygens (including phenoxy) is 2. The summed E-state index contributed by atoms with van der Waals surface area (Å²) in [5.41, 5.74) is -7.33. The Kier molecular flexibility index (Phi) is 3.76. The normalized spacial score (nSPS) is 61.7. The average molecular weight is 426 g/mol. The van der Waals surface area contributed by atoms with Crippen LogP contribution in [0.1, 0.15) is 20.8 Å². The molecule has 0 aromatic heterocycles. The molecule has 30 heavy (non-hydrogen) atoms. The molecule has 6 N–H and O–H groups in total. The quantitative estimate of drug-likeness (QED) is 0.219. The minimum Gasteiger partial charge on any atom is -0.457 e. The van der Waals surface area contributed by atoms with Crippen LogP contribution in [0.15, 0.2) is 11.6 Å². The third-order valence-electron chi connectivity index (χ3n) is 8.94. The molecule has 4 fully saturated rings. The maximum absolute atomic E-state index is 12.6. The third kappa shape index (κ3) is 1.69. The van der Waals surface area contributed by atoms with Crippen molar-refractivity contribution in [3.05, 3.63) is 11.6 Å². The molecule has 0 radical (unpaired) electrons. The molecule has 12 unspecified atom stereocenters. The fourth-order valence-electron chi connectivity index (χ4n) is 7.70. The van der Waals surface area contributed by atoms with Gasteiger partial charge in [0.1, 0.15) is 29.5 Å². The number of hydrogen-bond donors (Lipinski definition) is 6. The Bertz CT molecular complexity index is 887. The van der Waals surface area contributed by atoms with Gasteiger partial charge in [0.15, 0.2) is 11.9 Å². The Labute approximate surface area is 171 Å². The molecule has 2 saturated carbocycles. The fraction of sp³-hybridized carbons (Fsp3) is 0.800. The number of fused-ring (bicyclic) bond motifs is 2. The van der Waals surface area contributed by atoms with Crippen molar-refractivity contribution in [1.29, 1.82) is 0 Å². The largest absolute Gasteiger partial charge is 0.457 e.